The Morgan fingerprint density at radius 2 is 2.12 bits per heavy atom. The zero-order chi connectivity index (χ0) is 13.1. The van der Waals surface area contributed by atoms with Crippen LogP contribution in [0.1, 0.15) is 43.3 Å². The quantitative estimate of drug-likeness (QED) is 0.821. The number of hydrogen-bond donors (Lipinski definition) is 2. The van der Waals surface area contributed by atoms with Crippen LogP contribution < -0.4 is 5.32 Å². The lowest BCUT2D eigenvalue weighted by Crippen LogP contribution is -2.49. The van der Waals surface area contributed by atoms with Crippen LogP contribution in [0.3, 0.4) is 0 Å². The summed E-state index contributed by atoms with van der Waals surface area (Å²) in [5.74, 6) is -0.910. The zero-order valence-electron chi connectivity index (χ0n) is 10.2. The second-order valence-corrected chi connectivity index (χ2v) is 4.39. The third-order valence-corrected chi connectivity index (χ3v) is 2.43. The summed E-state index contributed by atoms with van der Waals surface area (Å²) >= 11 is 0. The molecule has 0 radical (unpaired) electrons. The fourth-order valence-corrected chi connectivity index (χ4v) is 1.37. The van der Waals surface area contributed by atoms with Crippen LogP contribution in [-0.4, -0.2) is 22.5 Å². The zero-order valence-corrected chi connectivity index (χ0v) is 10.2. The van der Waals surface area contributed by atoms with Gasteiger partial charge >= 0.3 is 5.97 Å². The van der Waals surface area contributed by atoms with Crippen LogP contribution in [0.15, 0.2) is 16.7 Å². The topological polar surface area (TPSA) is 79.5 Å². The molecular weight excluding hydrogens is 222 g/mol. The number of carboxylic acids is 1. The van der Waals surface area contributed by atoms with E-state index in [1.807, 2.05) is 6.92 Å². The first-order chi connectivity index (χ1) is 7.88. The third-order valence-electron chi connectivity index (χ3n) is 2.43. The summed E-state index contributed by atoms with van der Waals surface area (Å²) in [5, 5.41) is 11.4. The normalized spacial score (nSPS) is 11.2. The maximum Gasteiger partial charge on any atom is 0.328 e. The van der Waals surface area contributed by atoms with Gasteiger partial charge in [-0.3, -0.25) is 4.79 Å². The van der Waals surface area contributed by atoms with Crippen LogP contribution in [0.5, 0.6) is 0 Å². The molecule has 94 valence electrons. The SMILES string of the molecule is CCCc1occc1C(=O)NC(C)(C)C(=O)O. The molecule has 0 saturated heterocycles. The lowest BCUT2D eigenvalue weighted by molar-refractivity contribution is -0.143. The highest BCUT2D eigenvalue weighted by atomic mass is 16.4. The van der Waals surface area contributed by atoms with Gasteiger partial charge in [0, 0.05) is 6.42 Å². The molecule has 0 aliphatic carbocycles. The first kappa shape index (κ1) is 13.3. The molecule has 5 heteroatoms. The van der Waals surface area contributed by atoms with E-state index in [9.17, 15) is 9.59 Å². The van der Waals surface area contributed by atoms with E-state index in [-0.39, 0.29) is 0 Å². The van der Waals surface area contributed by atoms with Gasteiger partial charge in [-0.05, 0) is 26.3 Å². The second-order valence-electron chi connectivity index (χ2n) is 4.39. The predicted octanol–water partition coefficient (Wildman–Crippen LogP) is 1.83. The van der Waals surface area contributed by atoms with Crippen molar-refractivity contribution in [3.05, 3.63) is 23.7 Å². The number of carboxylic acid groups (broad SMARTS) is 1. The van der Waals surface area contributed by atoms with E-state index in [0.717, 1.165) is 6.42 Å². The standard InChI is InChI=1S/C12H17NO4/c1-4-5-9-8(6-7-17-9)10(14)13-12(2,3)11(15)16/h6-7H,4-5H2,1-3H3,(H,13,14)(H,15,16). The van der Waals surface area contributed by atoms with Crippen molar-refractivity contribution in [2.24, 2.45) is 0 Å². The largest absolute Gasteiger partial charge is 0.480 e. The van der Waals surface area contributed by atoms with Crippen LogP contribution in [0.4, 0.5) is 0 Å². The minimum atomic E-state index is -1.29. The number of nitrogens with one attached hydrogen (secondary N) is 1. The molecule has 2 N–H and O–H groups in total. The van der Waals surface area contributed by atoms with E-state index in [0.29, 0.717) is 17.7 Å². The van der Waals surface area contributed by atoms with E-state index in [4.69, 9.17) is 9.52 Å². The number of aliphatic carboxylic acids is 1. The van der Waals surface area contributed by atoms with E-state index in [1.54, 1.807) is 6.07 Å². The maximum atomic E-state index is 11.9. The summed E-state index contributed by atoms with van der Waals surface area (Å²) < 4.78 is 5.19. The van der Waals surface area contributed by atoms with Crippen LogP contribution in [0.2, 0.25) is 0 Å². The maximum absolute atomic E-state index is 11.9. The van der Waals surface area contributed by atoms with Crippen LogP contribution in [0, 0.1) is 0 Å². The van der Waals surface area contributed by atoms with E-state index in [1.165, 1.54) is 20.1 Å². The number of hydrogen-bond acceptors (Lipinski definition) is 3. The first-order valence-electron chi connectivity index (χ1n) is 5.50. The molecule has 1 amide bonds. The van der Waals surface area contributed by atoms with Gasteiger partial charge in [0.05, 0.1) is 11.8 Å². The second kappa shape index (κ2) is 5.03. The molecule has 0 spiro atoms. The lowest BCUT2D eigenvalue weighted by Gasteiger charge is -2.20. The van der Waals surface area contributed by atoms with Crippen molar-refractivity contribution < 1.29 is 19.1 Å². The Bertz CT molecular complexity index is 420. The fraction of sp³-hybridized carbons (Fsp3) is 0.500. The molecule has 1 heterocycles. The van der Waals surface area contributed by atoms with Crippen LogP contribution >= 0.6 is 0 Å². The van der Waals surface area contributed by atoms with Crippen LogP contribution in [0.25, 0.3) is 0 Å². The number of aryl methyl sites for hydroxylation is 1. The molecule has 0 saturated carbocycles. The Morgan fingerprint density at radius 3 is 2.65 bits per heavy atom. The fourth-order valence-electron chi connectivity index (χ4n) is 1.37. The smallest absolute Gasteiger partial charge is 0.328 e. The van der Waals surface area contributed by atoms with Crippen molar-refractivity contribution in [2.45, 2.75) is 39.2 Å². The van der Waals surface area contributed by atoms with Gasteiger partial charge in [-0.2, -0.15) is 0 Å². The Balaban J connectivity index is 2.83. The minimum absolute atomic E-state index is 0.404. The molecule has 0 aliphatic heterocycles. The summed E-state index contributed by atoms with van der Waals surface area (Å²) in [6.07, 6.45) is 2.95. The van der Waals surface area contributed by atoms with Gasteiger partial charge in [-0.1, -0.05) is 6.92 Å². The minimum Gasteiger partial charge on any atom is -0.480 e. The molecule has 0 aromatic carbocycles. The summed E-state index contributed by atoms with van der Waals surface area (Å²) in [6.45, 7) is 4.85. The monoisotopic (exact) mass is 239 g/mol. The van der Waals surface area contributed by atoms with Crippen molar-refractivity contribution in [1.82, 2.24) is 5.32 Å². The number of carbonyl (C=O) groups is 2. The Kier molecular flexibility index (Phi) is 3.93. The molecule has 5 nitrogen and oxygen atoms in total. The van der Waals surface area contributed by atoms with Gasteiger partial charge in [0.25, 0.3) is 5.91 Å². The number of carbonyl (C=O) groups excluding carboxylic acids is 1. The predicted molar refractivity (Wildman–Crippen MR) is 61.9 cm³/mol. The first-order valence-corrected chi connectivity index (χ1v) is 5.50. The van der Waals surface area contributed by atoms with Crippen molar-refractivity contribution in [3.8, 4) is 0 Å². The molecule has 0 aliphatic rings. The lowest BCUT2D eigenvalue weighted by atomic mass is 10.0. The molecule has 1 rings (SSSR count). The van der Waals surface area contributed by atoms with Gasteiger partial charge in [0.2, 0.25) is 0 Å². The molecule has 1 aromatic heterocycles. The summed E-state index contributed by atoms with van der Waals surface area (Å²) in [4.78, 5) is 22.8. The number of furan rings is 1. The van der Waals surface area contributed by atoms with Crippen molar-refractivity contribution in [1.29, 1.82) is 0 Å². The van der Waals surface area contributed by atoms with Crippen molar-refractivity contribution >= 4 is 11.9 Å². The number of rotatable bonds is 5. The summed E-state index contributed by atoms with van der Waals surface area (Å²) in [6, 6.07) is 1.55. The molecule has 0 fully saturated rings. The highest BCUT2D eigenvalue weighted by molar-refractivity contribution is 5.98. The van der Waals surface area contributed by atoms with E-state index in [2.05, 4.69) is 5.32 Å². The average Bonchev–Trinajstić information content (AvgIpc) is 2.65. The Hall–Kier alpha value is -1.78. The van der Waals surface area contributed by atoms with Crippen molar-refractivity contribution in [3.63, 3.8) is 0 Å². The van der Waals surface area contributed by atoms with Gasteiger partial charge in [-0.25, -0.2) is 4.79 Å². The molecule has 0 atom stereocenters. The highest BCUT2D eigenvalue weighted by Gasteiger charge is 2.30. The van der Waals surface area contributed by atoms with Gasteiger partial charge < -0.3 is 14.8 Å². The Labute approximate surface area is 99.8 Å². The van der Waals surface area contributed by atoms with E-state index < -0.39 is 17.4 Å². The number of amides is 1. The summed E-state index contributed by atoms with van der Waals surface area (Å²) in [5.41, 5.74) is -0.890. The molecular formula is C12H17NO4. The molecule has 17 heavy (non-hydrogen) atoms. The van der Waals surface area contributed by atoms with E-state index >= 15 is 0 Å². The van der Waals surface area contributed by atoms with Gasteiger partial charge in [0.15, 0.2) is 0 Å². The third kappa shape index (κ3) is 3.09. The summed E-state index contributed by atoms with van der Waals surface area (Å²) in [7, 11) is 0. The highest BCUT2D eigenvalue weighted by Crippen LogP contribution is 2.14. The van der Waals surface area contributed by atoms with Crippen LogP contribution in [-0.2, 0) is 11.2 Å². The molecule has 0 bridgehead atoms. The van der Waals surface area contributed by atoms with Gasteiger partial charge in [0.1, 0.15) is 11.3 Å². The Morgan fingerprint density at radius 1 is 1.47 bits per heavy atom. The van der Waals surface area contributed by atoms with Gasteiger partial charge in [-0.15, -0.1) is 0 Å². The molecule has 0 unspecified atom stereocenters. The average molecular weight is 239 g/mol. The molecule has 1 aromatic rings. The van der Waals surface area contributed by atoms with Crippen molar-refractivity contribution in [2.75, 3.05) is 0 Å².